The number of carbonyl (C=O) groups is 1. The first-order valence-electron chi connectivity index (χ1n) is 6.52. The fraction of sp³-hybridized carbons (Fsp3) is 0.923. The predicted octanol–water partition coefficient (Wildman–Crippen LogP) is 0.939. The Balaban J connectivity index is 2.69. The first kappa shape index (κ1) is 15.4. The van der Waals surface area contributed by atoms with Gasteiger partial charge in [0.15, 0.2) is 0 Å². The summed E-state index contributed by atoms with van der Waals surface area (Å²) in [5.74, 6) is -0.805. The van der Waals surface area contributed by atoms with Gasteiger partial charge in [0, 0.05) is 25.7 Å². The van der Waals surface area contributed by atoms with E-state index in [1.54, 1.807) is 6.92 Å². The van der Waals surface area contributed by atoms with Crippen LogP contribution in [-0.4, -0.2) is 59.4 Å². The van der Waals surface area contributed by atoms with Gasteiger partial charge >= 0.3 is 5.97 Å². The van der Waals surface area contributed by atoms with Crippen LogP contribution < -0.4 is 5.32 Å². The van der Waals surface area contributed by atoms with Crippen LogP contribution >= 0.6 is 0 Å². The van der Waals surface area contributed by atoms with E-state index in [4.69, 9.17) is 4.74 Å². The van der Waals surface area contributed by atoms with Gasteiger partial charge in [0.2, 0.25) is 0 Å². The summed E-state index contributed by atoms with van der Waals surface area (Å²) < 4.78 is 5.64. The first-order chi connectivity index (χ1) is 8.15. The SMILES string of the molecule is CC(C)NC(C)(CN1CCOC(C)(C)C1)C(=O)O. The zero-order valence-electron chi connectivity index (χ0n) is 12.1. The molecule has 1 aliphatic heterocycles. The molecule has 0 radical (unpaired) electrons. The van der Waals surface area contributed by atoms with E-state index in [0.717, 1.165) is 13.1 Å². The second kappa shape index (κ2) is 5.55. The lowest BCUT2D eigenvalue weighted by atomic mass is 9.98. The Morgan fingerprint density at radius 2 is 2.17 bits per heavy atom. The van der Waals surface area contributed by atoms with Gasteiger partial charge in [0.25, 0.3) is 0 Å². The molecule has 0 amide bonds. The molecule has 1 fully saturated rings. The lowest BCUT2D eigenvalue weighted by Crippen LogP contribution is -2.61. The largest absolute Gasteiger partial charge is 0.480 e. The minimum absolute atomic E-state index is 0.139. The van der Waals surface area contributed by atoms with Crippen molar-refractivity contribution in [3.8, 4) is 0 Å². The highest BCUT2D eigenvalue weighted by Crippen LogP contribution is 2.19. The Kier molecular flexibility index (Phi) is 4.75. The maximum atomic E-state index is 11.5. The number of ether oxygens (including phenoxy) is 1. The first-order valence-corrected chi connectivity index (χ1v) is 6.52. The summed E-state index contributed by atoms with van der Waals surface area (Å²) >= 11 is 0. The van der Waals surface area contributed by atoms with Crippen molar-refractivity contribution in [1.29, 1.82) is 0 Å². The lowest BCUT2D eigenvalue weighted by molar-refractivity contribution is -0.147. The summed E-state index contributed by atoms with van der Waals surface area (Å²) in [5, 5.41) is 12.6. The van der Waals surface area contributed by atoms with Crippen LogP contribution in [0.4, 0.5) is 0 Å². The van der Waals surface area contributed by atoms with Gasteiger partial charge in [-0.25, -0.2) is 0 Å². The van der Waals surface area contributed by atoms with Gasteiger partial charge in [0.1, 0.15) is 5.54 Å². The summed E-state index contributed by atoms with van der Waals surface area (Å²) in [6.07, 6.45) is 0. The number of aliphatic carboxylic acids is 1. The minimum Gasteiger partial charge on any atom is -0.480 e. The van der Waals surface area contributed by atoms with Crippen molar-refractivity contribution in [3.05, 3.63) is 0 Å². The van der Waals surface area contributed by atoms with E-state index in [1.165, 1.54) is 0 Å². The van der Waals surface area contributed by atoms with E-state index in [0.29, 0.717) is 13.2 Å². The Hall–Kier alpha value is -0.650. The summed E-state index contributed by atoms with van der Waals surface area (Å²) in [6, 6.07) is 0.139. The van der Waals surface area contributed by atoms with Crippen molar-refractivity contribution < 1.29 is 14.6 Å². The maximum absolute atomic E-state index is 11.5. The fourth-order valence-electron chi connectivity index (χ4n) is 2.51. The van der Waals surface area contributed by atoms with Crippen LogP contribution in [0.15, 0.2) is 0 Å². The Bertz CT molecular complexity index is 305. The van der Waals surface area contributed by atoms with Gasteiger partial charge < -0.3 is 9.84 Å². The second-order valence-corrected chi connectivity index (χ2v) is 6.26. The number of nitrogens with zero attached hydrogens (tertiary/aromatic N) is 1. The number of hydrogen-bond donors (Lipinski definition) is 2. The van der Waals surface area contributed by atoms with Gasteiger partial charge in [0.05, 0.1) is 12.2 Å². The molecule has 0 aromatic rings. The molecule has 1 rings (SSSR count). The summed E-state index contributed by atoms with van der Waals surface area (Å²) in [5.41, 5.74) is -1.11. The zero-order chi connectivity index (χ0) is 14.0. The van der Waals surface area contributed by atoms with Crippen LogP contribution in [0, 0.1) is 0 Å². The van der Waals surface area contributed by atoms with Crippen LogP contribution in [-0.2, 0) is 9.53 Å². The van der Waals surface area contributed by atoms with E-state index in [2.05, 4.69) is 10.2 Å². The van der Waals surface area contributed by atoms with E-state index < -0.39 is 11.5 Å². The molecule has 0 aromatic carbocycles. The van der Waals surface area contributed by atoms with Crippen LogP contribution in [0.5, 0.6) is 0 Å². The molecule has 2 N–H and O–H groups in total. The maximum Gasteiger partial charge on any atom is 0.324 e. The highest BCUT2D eigenvalue weighted by atomic mass is 16.5. The molecule has 0 aliphatic carbocycles. The van der Waals surface area contributed by atoms with E-state index in [9.17, 15) is 9.90 Å². The average Bonchev–Trinajstić information content (AvgIpc) is 2.13. The van der Waals surface area contributed by atoms with Gasteiger partial charge in [-0.1, -0.05) is 0 Å². The highest BCUT2D eigenvalue weighted by Gasteiger charge is 2.38. The Morgan fingerprint density at radius 3 is 2.61 bits per heavy atom. The molecule has 18 heavy (non-hydrogen) atoms. The third-order valence-electron chi connectivity index (χ3n) is 3.12. The zero-order valence-corrected chi connectivity index (χ0v) is 12.1. The number of rotatable bonds is 5. The molecule has 1 saturated heterocycles. The monoisotopic (exact) mass is 258 g/mol. The second-order valence-electron chi connectivity index (χ2n) is 6.26. The van der Waals surface area contributed by atoms with Crippen molar-refractivity contribution in [2.45, 2.75) is 51.8 Å². The van der Waals surface area contributed by atoms with Gasteiger partial charge in [-0.15, -0.1) is 0 Å². The molecule has 1 aliphatic rings. The fourth-order valence-corrected chi connectivity index (χ4v) is 2.51. The molecule has 5 nitrogen and oxygen atoms in total. The molecule has 0 spiro atoms. The van der Waals surface area contributed by atoms with Crippen molar-refractivity contribution in [1.82, 2.24) is 10.2 Å². The number of morpholine rings is 1. The Morgan fingerprint density at radius 1 is 1.56 bits per heavy atom. The number of nitrogens with one attached hydrogen (secondary N) is 1. The van der Waals surface area contributed by atoms with Gasteiger partial charge in [-0.3, -0.25) is 15.0 Å². The number of carboxylic acids is 1. The Labute approximate surface area is 109 Å². The molecule has 1 unspecified atom stereocenters. The third kappa shape index (κ3) is 4.23. The number of hydrogen-bond acceptors (Lipinski definition) is 4. The van der Waals surface area contributed by atoms with Gasteiger partial charge in [-0.05, 0) is 34.6 Å². The normalized spacial score (nSPS) is 23.9. The topological polar surface area (TPSA) is 61.8 Å². The molecule has 106 valence electrons. The highest BCUT2D eigenvalue weighted by molar-refractivity contribution is 5.78. The minimum atomic E-state index is -0.915. The standard InChI is InChI=1S/C13H26N2O3/c1-10(2)14-13(5,11(16)17)9-15-6-7-18-12(3,4)8-15/h10,14H,6-9H2,1-5H3,(H,16,17). The molecule has 1 heterocycles. The molecule has 5 heteroatoms. The summed E-state index contributed by atoms with van der Waals surface area (Å²) in [6.45, 7) is 12.4. The summed E-state index contributed by atoms with van der Waals surface area (Å²) in [4.78, 5) is 13.6. The quantitative estimate of drug-likeness (QED) is 0.768. The molecular formula is C13H26N2O3. The molecule has 0 saturated carbocycles. The van der Waals surface area contributed by atoms with Crippen molar-refractivity contribution in [2.75, 3.05) is 26.2 Å². The molecule has 1 atom stereocenters. The van der Waals surface area contributed by atoms with Crippen LogP contribution in [0.3, 0.4) is 0 Å². The molecular weight excluding hydrogens is 232 g/mol. The van der Waals surface area contributed by atoms with Crippen LogP contribution in [0.25, 0.3) is 0 Å². The van der Waals surface area contributed by atoms with Crippen LogP contribution in [0.1, 0.15) is 34.6 Å². The van der Waals surface area contributed by atoms with E-state index >= 15 is 0 Å². The molecule has 0 bridgehead atoms. The third-order valence-corrected chi connectivity index (χ3v) is 3.12. The van der Waals surface area contributed by atoms with E-state index in [1.807, 2.05) is 27.7 Å². The van der Waals surface area contributed by atoms with Gasteiger partial charge in [-0.2, -0.15) is 0 Å². The molecule has 0 aromatic heterocycles. The lowest BCUT2D eigenvalue weighted by Gasteiger charge is -2.42. The van der Waals surface area contributed by atoms with Crippen molar-refractivity contribution in [2.24, 2.45) is 0 Å². The van der Waals surface area contributed by atoms with Crippen molar-refractivity contribution in [3.63, 3.8) is 0 Å². The smallest absolute Gasteiger partial charge is 0.324 e. The predicted molar refractivity (Wildman–Crippen MR) is 70.8 cm³/mol. The van der Waals surface area contributed by atoms with Crippen LogP contribution in [0.2, 0.25) is 0 Å². The summed E-state index contributed by atoms with van der Waals surface area (Å²) in [7, 11) is 0. The van der Waals surface area contributed by atoms with Crippen molar-refractivity contribution >= 4 is 5.97 Å². The van der Waals surface area contributed by atoms with E-state index in [-0.39, 0.29) is 11.6 Å². The average molecular weight is 258 g/mol. The number of carboxylic acid groups (broad SMARTS) is 1.